The number of aliphatic hydroxyl groups is 1. The quantitative estimate of drug-likeness (QED) is 0.102. The maximum absolute atomic E-state index is 8.77. The molecule has 0 aromatic heterocycles. The van der Waals surface area contributed by atoms with Gasteiger partial charge in [-0.25, -0.2) is 0 Å². The summed E-state index contributed by atoms with van der Waals surface area (Å²) in [6.07, 6.45) is 43.1. The van der Waals surface area contributed by atoms with E-state index >= 15 is 0 Å². The number of aliphatic hydroxyl groups excluding tert-OH is 1. The molecule has 1 heteroatoms. The summed E-state index contributed by atoms with van der Waals surface area (Å²) in [5, 5.41) is 8.77. The molecular weight excluding hydrogens is 412 g/mol. The Balaban J connectivity index is 0. The molecule has 0 aliphatic carbocycles. The van der Waals surface area contributed by atoms with Gasteiger partial charge in [0.2, 0.25) is 0 Å². The highest BCUT2D eigenvalue weighted by Crippen LogP contribution is 2.16. The van der Waals surface area contributed by atoms with Crippen molar-refractivity contribution < 1.29 is 5.11 Å². The lowest BCUT2D eigenvalue weighted by atomic mass is 10.0. The molecule has 0 fully saturated rings. The van der Waals surface area contributed by atoms with Gasteiger partial charge in [0.1, 0.15) is 0 Å². The van der Waals surface area contributed by atoms with E-state index in [0.717, 1.165) is 6.42 Å². The van der Waals surface area contributed by atoms with E-state index in [1.54, 1.807) is 0 Å². The van der Waals surface area contributed by atoms with Gasteiger partial charge in [-0.15, -0.1) is 0 Å². The first-order valence-corrected chi connectivity index (χ1v) is 16.0. The predicted molar refractivity (Wildman–Crippen MR) is 155 cm³/mol. The van der Waals surface area contributed by atoms with Crippen molar-refractivity contribution in [3.05, 3.63) is 7.43 Å². The Morgan fingerprint density at radius 2 is 0.412 bits per heavy atom. The van der Waals surface area contributed by atoms with Crippen molar-refractivity contribution in [2.24, 2.45) is 0 Å². The fourth-order valence-corrected chi connectivity index (χ4v) is 5.13. The fourth-order valence-electron chi connectivity index (χ4n) is 5.13. The van der Waals surface area contributed by atoms with E-state index in [1.807, 2.05) is 0 Å². The zero-order chi connectivity index (χ0) is 23.9. The molecule has 0 heterocycles. The molecule has 0 aliphatic rings. The summed E-state index contributed by atoms with van der Waals surface area (Å²) in [4.78, 5) is 0. The highest BCUT2D eigenvalue weighted by atomic mass is 16.2. The standard InChI is InChI=1S/C32H66O.C/c1-2-3-4-5-6-7-8-9-10-11-12-13-14-15-16-17-18-19-20-21-22-23-24-25-26-27-28-29-30-31-32-33;/h33H,2-32H2,1H3;. The van der Waals surface area contributed by atoms with Crippen molar-refractivity contribution in [3.8, 4) is 0 Å². The van der Waals surface area contributed by atoms with Crippen LogP contribution in [-0.4, -0.2) is 11.7 Å². The summed E-state index contributed by atoms with van der Waals surface area (Å²) < 4.78 is 0. The lowest BCUT2D eigenvalue weighted by molar-refractivity contribution is 0.282. The van der Waals surface area contributed by atoms with Gasteiger partial charge in [0.15, 0.2) is 0 Å². The van der Waals surface area contributed by atoms with Gasteiger partial charge in [-0.1, -0.05) is 193 Å². The van der Waals surface area contributed by atoms with Crippen molar-refractivity contribution in [1.29, 1.82) is 0 Å². The zero-order valence-corrected chi connectivity index (χ0v) is 23.9. The Bertz CT molecular complexity index is 284. The van der Waals surface area contributed by atoms with Crippen molar-refractivity contribution in [3.63, 3.8) is 0 Å². The predicted octanol–water partition coefficient (Wildman–Crippen LogP) is 11.8. The smallest absolute Gasteiger partial charge is 0.0431 e. The summed E-state index contributed by atoms with van der Waals surface area (Å²) in [7, 11) is 0. The molecule has 0 saturated heterocycles. The Labute approximate surface area is 218 Å². The molecule has 204 valence electrons. The van der Waals surface area contributed by atoms with Crippen LogP contribution < -0.4 is 0 Å². The van der Waals surface area contributed by atoms with E-state index in [2.05, 4.69) is 6.92 Å². The van der Waals surface area contributed by atoms with E-state index in [4.69, 9.17) is 5.11 Å². The van der Waals surface area contributed by atoms with Gasteiger partial charge in [-0.3, -0.25) is 0 Å². The maximum atomic E-state index is 8.77. The highest BCUT2D eigenvalue weighted by Gasteiger charge is 1.96. The molecule has 0 saturated carbocycles. The van der Waals surface area contributed by atoms with Crippen LogP contribution in [0.4, 0.5) is 0 Å². The monoisotopic (exact) mass is 479 g/mol. The van der Waals surface area contributed by atoms with Crippen LogP contribution in [0, 0.1) is 7.43 Å². The van der Waals surface area contributed by atoms with Gasteiger partial charge in [-0.2, -0.15) is 0 Å². The first-order chi connectivity index (χ1) is 16.4. The van der Waals surface area contributed by atoms with Gasteiger partial charge < -0.3 is 5.11 Å². The second kappa shape index (κ2) is 35.1. The summed E-state index contributed by atoms with van der Waals surface area (Å²) in [6, 6.07) is 0. The Kier molecular flexibility index (Phi) is 37.3. The van der Waals surface area contributed by atoms with E-state index < -0.39 is 0 Å². The largest absolute Gasteiger partial charge is 0.396 e. The third-order valence-electron chi connectivity index (χ3n) is 7.51. The number of rotatable bonds is 30. The molecular formula is C33H66O. The van der Waals surface area contributed by atoms with E-state index in [0.29, 0.717) is 6.61 Å². The van der Waals surface area contributed by atoms with Crippen LogP contribution in [0.1, 0.15) is 200 Å². The minimum absolute atomic E-state index is 0. The van der Waals surface area contributed by atoms with Gasteiger partial charge in [0, 0.05) is 14.0 Å². The molecule has 0 aromatic carbocycles. The van der Waals surface area contributed by atoms with Crippen LogP contribution in [0.2, 0.25) is 0 Å². The molecule has 4 radical (unpaired) electrons. The molecule has 0 rings (SSSR count). The first-order valence-electron chi connectivity index (χ1n) is 16.0. The average Bonchev–Trinajstić information content (AvgIpc) is 2.83. The van der Waals surface area contributed by atoms with Gasteiger partial charge in [0.25, 0.3) is 0 Å². The Morgan fingerprint density at radius 3 is 0.559 bits per heavy atom. The second-order valence-electron chi connectivity index (χ2n) is 11.0. The SMILES string of the molecule is CCCCCCCCCCCCCCCCCCCCCCCCCCCCCCCCO.[C]. The normalized spacial score (nSPS) is 11.1. The topological polar surface area (TPSA) is 20.2 Å². The lowest BCUT2D eigenvalue weighted by Crippen LogP contribution is -1.85. The lowest BCUT2D eigenvalue weighted by Gasteiger charge is -2.04. The molecule has 0 unspecified atom stereocenters. The molecule has 0 amide bonds. The van der Waals surface area contributed by atoms with Crippen LogP contribution in [-0.2, 0) is 0 Å². The van der Waals surface area contributed by atoms with Gasteiger partial charge in [-0.05, 0) is 6.42 Å². The number of unbranched alkanes of at least 4 members (excludes halogenated alkanes) is 29. The van der Waals surface area contributed by atoms with Crippen molar-refractivity contribution in [1.82, 2.24) is 0 Å². The molecule has 34 heavy (non-hydrogen) atoms. The molecule has 0 aromatic rings. The summed E-state index contributed by atoms with van der Waals surface area (Å²) in [5.74, 6) is 0. The Hall–Kier alpha value is -0.0400. The van der Waals surface area contributed by atoms with Crippen LogP contribution in [0.3, 0.4) is 0 Å². The zero-order valence-electron chi connectivity index (χ0n) is 23.9. The van der Waals surface area contributed by atoms with Crippen molar-refractivity contribution >= 4 is 0 Å². The molecule has 0 aliphatic heterocycles. The summed E-state index contributed by atoms with van der Waals surface area (Å²) in [5.41, 5.74) is 0. The van der Waals surface area contributed by atoms with Gasteiger partial charge in [0.05, 0.1) is 0 Å². The summed E-state index contributed by atoms with van der Waals surface area (Å²) in [6.45, 7) is 2.68. The van der Waals surface area contributed by atoms with Crippen molar-refractivity contribution in [2.75, 3.05) is 6.61 Å². The fraction of sp³-hybridized carbons (Fsp3) is 0.970. The molecule has 0 bridgehead atoms. The first kappa shape index (κ1) is 36.1. The van der Waals surface area contributed by atoms with Gasteiger partial charge >= 0.3 is 0 Å². The third-order valence-corrected chi connectivity index (χ3v) is 7.51. The summed E-state index contributed by atoms with van der Waals surface area (Å²) >= 11 is 0. The number of hydrogen-bond donors (Lipinski definition) is 1. The van der Waals surface area contributed by atoms with Crippen LogP contribution in [0.25, 0.3) is 0 Å². The van der Waals surface area contributed by atoms with Crippen LogP contribution in [0.15, 0.2) is 0 Å². The average molecular weight is 479 g/mol. The van der Waals surface area contributed by atoms with Crippen LogP contribution in [0.5, 0.6) is 0 Å². The van der Waals surface area contributed by atoms with E-state index in [1.165, 1.54) is 186 Å². The van der Waals surface area contributed by atoms with Crippen molar-refractivity contribution in [2.45, 2.75) is 200 Å². The second-order valence-corrected chi connectivity index (χ2v) is 11.0. The minimum atomic E-state index is 0. The number of hydrogen-bond acceptors (Lipinski definition) is 1. The van der Waals surface area contributed by atoms with E-state index in [-0.39, 0.29) is 7.43 Å². The molecule has 1 N–H and O–H groups in total. The molecule has 0 spiro atoms. The third kappa shape index (κ3) is 34.1. The molecule has 0 atom stereocenters. The Morgan fingerprint density at radius 1 is 0.265 bits per heavy atom. The van der Waals surface area contributed by atoms with Crippen LogP contribution >= 0.6 is 0 Å². The highest BCUT2D eigenvalue weighted by molar-refractivity contribution is 4.52. The maximum Gasteiger partial charge on any atom is 0.0431 e. The minimum Gasteiger partial charge on any atom is -0.396 e. The van der Waals surface area contributed by atoms with E-state index in [9.17, 15) is 0 Å². The molecule has 1 nitrogen and oxygen atoms in total.